The number of carbonyl (C=O) groups is 1. The van der Waals surface area contributed by atoms with Crippen LogP contribution in [0.4, 0.5) is 5.69 Å². The molecular weight excluding hydrogens is 340 g/mol. The van der Waals surface area contributed by atoms with Crippen LogP contribution in [0.2, 0.25) is 0 Å². The minimum absolute atomic E-state index is 0.109. The molecule has 1 amide bonds. The average Bonchev–Trinajstić information content (AvgIpc) is 2.98. The van der Waals surface area contributed by atoms with Gasteiger partial charge in [0.15, 0.2) is 0 Å². The van der Waals surface area contributed by atoms with Gasteiger partial charge in [0.05, 0.1) is 5.69 Å². The molecule has 0 saturated carbocycles. The molecule has 0 aliphatic rings. The van der Waals surface area contributed by atoms with Gasteiger partial charge in [-0.2, -0.15) is 5.10 Å². The maximum Gasteiger partial charge on any atom is 0.264 e. The molecular formula is C21H18N4O2. The van der Waals surface area contributed by atoms with Crippen molar-refractivity contribution in [3.63, 3.8) is 0 Å². The molecule has 2 aromatic carbocycles. The van der Waals surface area contributed by atoms with Crippen LogP contribution in [0.1, 0.15) is 5.56 Å². The third-order valence-corrected chi connectivity index (χ3v) is 4.42. The molecule has 0 radical (unpaired) electrons. The van der Waals surface area contributed by atoms with Gasteiger partial charge in [-0.3, -0.25) is 9.59 Å². The van der Waals surface area contributed by atoms with Gasteiger partial charge >= 0.3 is 0 Å². The molecule has 0 aliphatic carbocycles. The lowest BCUT2D eigenvalue weighted by Gasteiger charge is -2.09. The van der Waals surface area contributed by atoms with Gasteiger partial charge in [-0.15, -0.1) is 0 Å². The van der Waals surface area contributed by atoms with Crippen molar-refractivity contribution in [3.05, 3.63) is 82.8 Å². The second-order valence-corrected chi connectivity index (χ2v) is 6.39. The van der Waals surface area contributed by atoms with E-state index in [9.17, 15) is 9.59 Å². The predicted octanol–water partition coefficient (Wildman–Crippen LogP) is 3.34. The SMILES string of the molecule is Cc1cn(CC(=O)Nc2cccc(-c3ccc(=O)[nH]n3)c2)c2ccccc12. The number of aromatic nitrogens is 3. The largest absolute Gasteiger partial charge is 0.338 e. The van der Waals surface area contributed by atoms with Crippen molar-refractivity contribution in [3.8, 4) is 11.3 Å². The molecule has 0 bridgehead atoms. The highest BCUT2D eigenvalue weighted by Gasteiger charge is 2.09. The number of benzene rings is 2. The van der Waals surface area contributed by atoms with Crippen LogP contribution in [0.3, 0.4) is 0 Å². The Kier molecular flexibility index (Phi) is 4.30. The summed E-state index contributed by atoms with van der Waals surface area (Å²) in [6.45, 7) is 2.27. The van der Waals surface area contributed by atoms with Crippen LogP contribution in [0.25, 0.3) is 22.2 Å². The van der Waals surface area contributed by atoms with Crippen LogP contribution >= 0.6 is 0 Å². The van der Waals surface area contributed by atoms with Crippen molar-refractivity contribution in [1.29, 1.82) is 0 Å². The van der Waals surface area contributed by atoms with Gasteiger partial charge in [-0.25, -0.2) is 5.10 Å². The predicted molar refractivity (Wildman–Crippen MR) is 106 cm³/mol. The van der Waals surface area contributed by atoms with E-state index in [1.165, 1.54) is 6.07 Å². The highest BCUT2D eigenvalue weighted by atomic mass is 16.2. The number of nitrogens with zero attached hydrogens (tertiary/aromatic N) is 2. The number of fused-ring (bicyclic) bond motifs is 1. The molecule has 0 fully saturated rings. The third-order valence-electron chi connectivity index (χ3n) is 4.42. The maximum atomic E-state index is 12.5. The highest BCUT2D eigenvalue weighted by Crippen LogP contribution is 2.22. The summed E-state index contributed by atoms with van der Waals surface area (Å²) in [5.41, 5.74) is 4.06. The molecule has 0 saturated heterocycles. The number of carbonyl (C=O) groups excluding carboxylic acids is 1. The van der Waals surface area contributed by atoms with Crippen LogP contribution in [0.15, 0.2) is 71.7 Å². The van der Waals surface area contributed by atoms with E-state index in [-0.39, 0.29) is 18.0 Å². The summed E-state index contributed by atoms with van der Waals surface area (Å²) in [7, 11) is 0. The summed E-state index contributed by atoms with van der Waals surface area (Å²) >= 11 is 0. The van der Waals surface area contributed by atoms with E-state index in [0.717, 1.165) is 22.0 Å². The van der Waals surface area contributed by atoms with Crippen molar-refractivity contribution < 1.29 is 4.79 Å². The zero-order chi connectivity index (χ0) is 18.8. The van der Waals surface area contributed by atoms with Gasteiger partial charge in [0, 0.05) is 34.4 Å². The lowest BCUT2D eigenvalue weighted by atomic mass is 10.1. The lowest BCUT2D eigenvalue weighted by molar-refractivity contribution is -0.116. The zero-order valence-electron chi connectivity index (χ0n) is 14.8. The molecule has 0 aliphatic heterocycles. The molecule has 27 heavy (non-hydrogen) atoms. The second-order valence-electron chi connectivity index (χ2n) is 6.39. The topological polar surface area (TPSA) is 79.8 Å². The van der Waals surface area contributed by atoms with Gasteiger partial charge in [0.25, 0.3) is 5.56 Å². The highest BCUT2D eigenvalue weighted by molar-refractivity contribution is 5.93. The number of hydrogen-bond donors (Lipinski definition) is 2. The van der Waals surface area contributed by atoms with E-state index in [0.29, 0.717) is 11.4 Å². The lowest BCUT2D eigenvalue weighted by Crippen LogP contribution is -2.18. The molecule has 6 nitrogen and oxygen atoms in total. The minimum atomic E-state index is -0.252. The van der Waals surface area contributed by atoms with E-state index < -0.39 is 0 Å². The number of hydrogen-bond acceptors (Lipinski definition) is 3. The maximum absolute atomic E-state index is 12.5. The first-order chi connectivity index (χ1) is 13.1. The number of H-pyrrole nitrogens is 1. The molecule has 6 heteroatoms. The first-order valence-electron chi connectivity index (χ1n) is 8.61. The monoisotopic (exact) mass is 358 g/mol. The molecule has 2 heterocycles. The normalized spacial score (nSPS) is 10.9. The van der Waals surface area contributed by atoms with Crippen molar-refractivity contribution in [1.82, 2.24) is 14.8 Å². The Balaban J connectivity index is 1.53. The standard InChI is InChI=1S/C21H18N4O2/c1-14-12-25(19-8-3-2-7-17(14)19)13-21(27)22-16-6-4-5-15(11-16)18-9-10-20(26)24-23-18/h2-12H,13H2,1H3,(H,22,27)(H,24,26). The van der Waals surface area contributed by atoms with Gasteiger partial charge in [-0.05, 0) is 36.8 Å². The average molecular weight is 358 g/mol. The zero-order valence-corrected chi connectivity index (χ0v) is 14.8. The smallest absolute Gasteiger partial charge is 0.264 e. The molecule has 134 valence electrons. The summed E-state index contributed by atoms with van der Waals surface area (Å²) in [6, 6.07) is 18.5. The quantitative estimate of drug-likeness (QED) is 0.587. The minimum Gasteiger partial charge on any atom is -0.338 e. The van der Waals surface area contributed by atoms with Gasteiger partial charge in [-0.1, -0.05) is 30.3 Å². The number of nitrogens with one attached hydrogen (secondary N) is 2. The van der Waals surface area contributed by atoms with Crippen molar-refractivity contribution >= 4 is 22.5 Å². The number of rotatable bonds is 4. The van der Waals surface area contributed by atoms with E-state index in [1.807, 2.05) is 60.2 Å². The fourth-order valence-corrected chi connectivity index (χ4v) is 3.18. The molecule has 0 atom stereocenters. The van der Waals surface area contributed by atoms with Gasteiger partial charge < -0.3 is 9.88 Å². The summed E-state index contributed by atoms with van der Waals surface area (Å²) in [5, 5.41) is 10.5. The van der Waals surface area contributed by atoms with Crippen molar-refractivity contribution in [2.45, 2.75) is 13.5 Å². The van der Waals surface area contributed by atoms with E-state index in [1.54, 1.807) is 6.07 Å². The van der Waals surface area contributed by atoms with Crippen LogP contribution in [-0.4, -0.2) is 20.7 Å². The van der Waals surface area contributed by atoms with Crippen molar-refractivity contribution in [2.75, 3.05) is 5.32 Å². The fourth-order valence-electron chi connectivity index (χ4n) is 3.18. The van der Waals surface area contributed by atoms with Crippen LogP contribution in [0.5, 0.6) is 0 Å². The number of amides is 1. The van der Waals surface area contributed by atoms with E-state index in [4.69, 9.17) is 0 Å². The number of anilines is 1. The Morgan fingerprint density at radius 2 is 1.96 bits per heavy atom. The fraction of sp³-hybridized carbons (Fsp3) is 0.0952. The molecule has 2 aromatic heterocycles. The number of aromatic amines is 1. The first kappa shape index (κ1) is 16.8. The number of aryl methyl sites for hydroxylation is 1. The van der Waals surface area contributed by atoms with Gasteiger partial charge in [0.1, 0.15) is 6.54 Å². The first-order valence-corrected chi connectivity index (χ1v) is 8.61. The summed E-state index contributed by atoms with van der Waals surface area (Å²) in [4.78, 5) is 23.7. The van der Waals surface area contributed by atoms with Crippen LogP contribution < -0.4 is 10.9 Å². The summed E-state index contributed by atoms with van der Waals surface area (Å²) in [6.07, 6.45) is 1.99. The molecule has 2 N–H and O–H groups in total. The second kappa shape index (κ2) is 6.92. The van der Waals surface area contributed by atoms with E-state index >= 15 is 0 Å². The Bertz CT molecular complexity index is 1170. The summed E-state index contributed by atoms with van der Waals surface area (Å²) < 4.78 is 1.95. The van der Waals surface area contributed by atoms with Crippen LogP contribution in [0, 0.1) is 6.92 Å². The number of para-hydroxylation sites is 1. The Morgan fingerprint density at radius 1 is 1.11 bits per heavy atom. The Morgan fingerprint density at radius 3 is 2.78 bits per heavy atom. The summed E-state index contributed by atoms with van der Waals surface area (Å²) in [5.74, 6) is -0.109. The molecule has 4 aromatic rings. The van der Waals surface area contributed by atoms with Gasteiger partial charge in [0.2, 0.25) is 5.91 Å². The van der Waals surface area contributed by atoms with Crippen LogP contribution in [-0.2, 0) is 11.3 Å². The van der Waals surface area contributed by atoms with E-state index in [2.05, 4.69) is 21.6 Å². The molecule has 0 spiro atoms. The Hall–Kier alpha value is -3.67. The third kappa shape index (κ3) is 3.50. The molecule has 0 unspecified atom stereocenters. The van der Waals surface area contributed by atoms with Crippen molar-refractivity contribution in [2.24, 2.45) is 0 Å². The molecule has 4 rings (SSSR count). The Labute approximate surface area is 155 Å².